The average Bonchev–Trinajstić information content (AvgIpc) is 2.87. The first kappa shape index (κ1) is 26.2. The minimum Gasteiger partial charge on any atom is -0.443 e. The third-order valence-electron chi connectivity index (χ3n) is 6.08. The van der Waals surface area contributed by atoms with Crippen LogP contribution in [-0.2, 0) is 36.2 Å². The second kappa shape index (κ2) is 9.71. The van der Waals surface area contributed by atoms with Gasteiger partial charge in [-0.2, -0.15) is 0 Å². The molecule has 34 heavy (non-hydrogen) atoms. The van der Waals surface area contributed by atoms with Crippen molar-refractivity contribution in [1.82, 2.24) is 9.21 Å². The standard InChI is InChI=1S/C23H36N4O6S/c1-22(2,3)33-21(28)27(15-32-13-12-31-6)20-25-23(4)18-14-17(24)11-10-16(18)8-7-9-19(23)34(29,30)26(20)5/h10-11,14,19H,7-9,12-13,15,24H2,1-6H3/t19-,23-/m1/s1. The van der Waals surface area contributed by atoms with Gasteiger partial charge in [0.1, 0.15) is 23.1 Å². The second-order valence-corrected chi connectivity index (χ2v) is 12.0. The summed E-state index contributed by atoms with van der Waals surface area (Å²) in [4.78, 5) is 19.2. The molecule has 1 aromatic rings. The fraction of sp³-hybridized carbons (Fsp3) is 0.652. The smallest absolute Gasteiger partial charge is 0.419 e. The molecule has 0 saturated heterocycles. The molecule has 2 N–H and O–H groups in total. The lowest BCUT2D eigenvalue weighted by Crippen LogP contribution is -2.59. The molecule has 190 valence electrons. The molecule has 0 spiro atoms. The number of rotatable bonds is 5. The number of hydrogen-bond acceptors (Lipinski definition) is 8. The average molecular weight is 497 g/mol. The van der Waals surface area contributed by atoms with E-state index in [1.54, 1.807) is 33.8 Å². The first-order valence-electron chi connectivity index (χ1n) is 11.3. The lowest BCUT2D eigenvalue weighted by atomic mass is 9.86. The molecule has 3 rings (SSSR count). The van der Waals surface area contributed by atoms with Gasteiger partial charge in [-0.15, -0.1) is 0 Å². The van der Waals surface area contributed by atoms with Crippen LogP contribution >= 0.6 is 0 Å². The van der Waals surface area contributed by atoms with Crippen LogP contribution in [0.5, 0.6) is 0 Å². The molecule has 2 atom stereocenters. The summed E-state index contributed by atoms with van der Waals surface area (Å²) in [5, 5.41) is -0.799. The highest BCUT2D eigenvalue weighted by Gasteiger charge is 2.53. The number of nitrogens with zero attached hydrogens (tertiary/aromatic N) is 3. The zero-order chi connectivity index (χ0) is 25.3. The van der Waals surface area contributed by atoms with E-state index in [0.29, 0.717) is 25.1 Å². The van der Waals surface area contributed by atoms with Crippen molar-refractivity contribution < 1.29 is 27.4 Å². The van der Waals surface area contributed by atoms with Gasteiger partial charge in [-0.1, -0.05) is 6.07 Å². The predicted molar refractivity (Wildman–Crippen MR) is 130 cm³/mol. The van der Waals surface area contributed by atoms with Crippen molar-refractivity contribution in [2.75, 3.05) is 39.8 Å². The number of carbonyl (C=O) groups excluding carboxylic acids is 1. The van der Waals surface area contributed by atoms with Gasteiger partial charge >= 0.3 is 6.09 Å². The first-order valence-corrected chi connectivity index (χ1v) is 12.9. The van der Waals surface area contributed by atoms with Crippen LogP contribution in [0.2, 0.25) is 0 Å². The molecule has 0 unspecified atom stereocenters. The zero-order valence-corrected chi connectivity index (χ0v) is 21.6. The molecule has 2 aliphatic rings. The van der Waals surface area contributed by atoms with E-state index >= 15 is 0 Å². The number of nitrogens with two attached hydrogens (primary N) is 1. The molecular weight excluding hydrogens is 460 g/mol. The Labute approximate surface area is 202 Å². The van der Waals surface area contributed by atoms with Crippen molar-refractivity contribution in [3.8, 4) is 0 Å². The number of ether oxygens (including phenoxy) is 3. The highest BCUT2D eigenvalue weighted by atomic mass is 32.2. The van der Waals surface area contributed by atoms with Crippen molar-refractivity contribution in [2.45, 2.75) is 63.3 Å². The topological polar surface area (TPSA) is 124 Å². The lowest BCUT2D eigenvalue weighted by molar-refractivity contribution is -0.00422. The van der Waals surface area contributed by atoms with Crippen LogP contribution in [0.25, 0.3) is 0 Å². The summed E-state index contributed by atoms with van der Waals surface area (Å²) in [5.74, 6) is -0.0549. The molecule has 11 heteroatoms. The number of sulfonamides is 1. The molecule has 0 radical (unpaired) electrons. The fourth-order valence-corrected chi connectivity index (χ4v) is 6.38. The van der Waals surface area contributed by atoms with E-state index in [-0.39, 0.29) is 19.3 Å². The Balaban J connectivity index is 2.15. The van der Waals surface area contributed by atoms with Gasteiger partial charge in [-0.3, -0.25) is 0 Å². The summed E-state index contributed by atoms with van der Waals surface area (Å²) >= 11 is 0. The first-order chi connectivity index (χ1) is 15.8. The molecule has 1 aliphatic carbocycles. The number of anilines is 1. The van der Waals surface area contributed by atoms with E-state index in [2.05, 4.69) is 0 Å². The van der Waals surface area contributed by atoms with Crippen molar-refractivity contribution in [3.63, 3.8) is 0 Å². The van der Waals surface area contributed by atoms with Crippen molar-refractivity contribution in [2.24, 2.45) is 4.99 Å². The molecule has 0 saturated carbocycles. The quantitative estimate of drug-likeness (QED) is 0.378. The van der Waals surface area contributed by atoms with Crippen LogP contribution in [0, 0.1) is 0 Å². The summed E-state index contributed by atoms with van der Waals surface area (Å²) in [6.07, 6.45) is 1.10. The van der Waals surface area contributed by atoms with Gasteiger partial charge in [-0.25, -0.2) is 27.4 Å². The van der Waals surface area contributed by atoms with E-state index in [9.17, 15) is 13.2 Å². The molecule has 1 aromatic carbocycles. The molecule has 10 nitrogen and oxygen atoms in total. The van der Waals surface area contributed by atoms with Crippen molar-refractivity contribution >= 4 is 27.8 Å². The Hall–Kier alpha value is -2.37. The number of aryl methyl sites for hydroxylation is 1. The van der Waals surface area contributed by atoms with Gasteiger partial charge in [0.25, 0.3) is 0 Å². The summed E-state index contributed by atoms with van der Waals surface area (Å²) in [5.41, 5.74) is 6.43. The molecule has 1 heterocycles. The van der Waals surface area contributed by atoms with E-state index in [4.69, 9.17) is 24.9 Å². The van der Waals surface area contributed by atoms with Gasteiger partial charge in [-0.05, 0) is 70.2 Å². The fourth-order valence-electron chi connectivity index (χ4n) is 4.41. The van der Waals surface area contributed by atoms with Gasteiger partial charge < -0.3 is 19.9 Å². The summed E-state index contributed by atoms with van der Waals surface area (Å²) in [7, 11) is -0.928. The molecule has 0 fully saturated rings. The number of fused-ring (bicyclic) bond motifs is 3. The molecular formula is C23H36N4O6S. The van der Waals surface area contributed by atoms with Crippen LogP contribution in [-0.4, -0.2) is 74.6 Å². The van der Waals surface area contributed by atoms with Crippen molar-refractivity contribution in [1.29, 1.82) is 0 Å². The van der Waals surface area contributed by atoms with Crippen LogP contribution in [0.15, 0.2) is 23.2 Å². The SMILES string of the molecule is COCCOCN(C(=O)OC(C)(C)C)C1=N[C@]2(C)c3cc(N)ccc3CCC[C@H]2S(=O)(=O)N1C. The zero-order valence-electron chi connectivity index (χ0n) is 20.8. The maximum Gasteiger partial charge on any atom is 0.419 e. The lowest BCUT2D eigenvalue weighted by Gasteiger charge is -2.44. The normalized spacial score (nSPS) is 23.9. The van der Waals surface area contributed by atoms with E-state index < -0.39 is 32.5 Å². The van der Waals surface area contributed by atoms with Gasteiger partial charge in [0.05, 0.1) is 13.2 Å². The Morgan fingerprint density at radius 2 is 2.03 bits per heavy atom. The highest BCUT2D eigenvalue weighted by molar-refractivity contribution is 7.90. The summed E-state index contributed by atoms with van der Waals surface area (Å²) in [6.45, 7) is 7.28. The number of carbonyl (C=O) groups is 1. The largest absolute Gasteiger partial charge is 0.443 e. The molecule has 0 aromatic heterocycles. The van der Waals surface area contributed by atoms with E-state index in [1.165, 1.54) is 14.2 Å². The number of benzene rings is 1. The minimum atomic E-state index is -3.87. The number of aliphatic imine (C=N–C) groups is 1. The Morgan fingerprint density at radius 1 is 1.32 bits per heavy atom. The third-order valence-corrected chi connectivity index (χ3v) is 8.42. The molecule has 1 aliphatic heterocycles. The number of methoxy groups -OCH3 is 1. The summed E-state index contributed by atoms with van der Waals surface area (Å²) in [6, 6.07) is 5.54. The third kappa shape index (κ3) is 5.16. The number of amides is 1. The van der Waals surface area contributed by atoms with Crippen LogP contribution in [0.1, 0.15) is 51.7 Å². The maximum absolute atomic E-state index is 13.8. The van der Waals surface area contributed by atoms with Gasteiger partial charge in [0.2, 0.25) is 16.0 Å². The molecule has 1 amide bonds. The predicted octanol–water partition coefficient (Wildman–Crippen LogP) is 2.68. The Bertz CT molecular complexity index is 1050. The van der Waals surface area contributed by atoms with Crippen molar-refractivity contribution in [3.05, 3.63) is 29.3 Å². The molecule has 0 bridgehead atoms. The number of hydrogen-bond donors (Lipinski definition) is 1. The van der Waals surface area contributed by atoms with E-state index in [0.717, 1.165) is 26.8 Å². The van der Waals surface area contributed by atoms with E-state index in [1.807, 2.05) is 12.1 Å². The van der Waals surface area contributed by atoms with Crippen LogP contribution in [0.3, 0.4) is 0 Å². The van der Waals surface area contributed by atoms with Crippen LogP contribution < -0.4 is 5.73 Å². The monoisotopic (exact) mass is 496 g/mol. The van der Waals surface area contributed by atoms with Crippen LogP contribution in [0.4, 0.5) is 10.5 Å². The highest BCUT2D eigenvalue weighted by Crippen LogP contribution is 2.45. The number of nitrogen functional groups attached to an aromatic ring is 1. The van der Waals surface area contributed by atoms with Gasteiger partial charge in [0, 0.05) is 19.8 Å². The van der Waals surface area contributed by atoms with Gasteiger partial charge in [0.15, 0.2) is 0 Å². The second-order valence-electron chi connectivity index (χ2n) is 9.81. The summed E-state index contributed by atoms with van der Waals surface area (Å²) < 4.78 is 44.8. The Kier molecular flexibility index (Phi) is 7.49. The minimum absolute atomic E-state index is 0.0549. The Morgan fingerprint density at radius 3 is 2.68 bits per heavy atom. The number of guanidine groups is 1. The maximum atomic E-state index is 13.8.